The second-order valence-electron chi connectivity index (χ2n) is 23.9. The molecular formula is C72H129NO10. The van der Waals surface area contributed by atoms with Gasteiger partial charge >= 0.3 is 5.97 Å². The molecule has 0 saturated carbocycles. The highest BCUT2D eigenvalue weighted by molar-refractivity contribution is 5.76. The number of hydrogen-bond donors (Lipinski definition) is 6. The molecule has 7 unspecified atom stereocenters. The Bertz CT molecular complexity index is 1610. The number of esters is 1. The number of ether oxygens (including phenoxy) is 3. The molecule has 0 aliphatic carbocycles. The van der Waals surface area contributed by atoms with Gasteiger partial charge in [-0.25, -0.2) is 0 Å². The molecule has 11 heteroatoms. The fourth-order valence-electron chi connectivity index (χ4n) is 10.6. The minimum absolute atomic E-state index is 0.00104. The summed E-state index contributed by atoms with van der Waals surface area (Å²) in [5, 5.41) is 54.2. The molecule has 0 radical (unpaired) electrons. The van der Waals surface area contributed by atoms with E-state index < -0.39 is 49.5 Å². The number of amides is 1. The first kappa shape index (κ1) is 78.1. The van der Waals surface area contributed by atoms with Crippen molar-refractivity contribution in [3.63, 3.8) is 0 Å². The van der Waals surface area contributed by atoms with Crippen molar-refractivity contribution in [2.24, 2.45) is 0 Å². The van der Waals surface area contributed by atoms with Crippen LogP contribution in [0.2, 0.25) is 0 Å². The Hall–Kier alpha value is -2.90. The Morgan fingerprint density at radius 3 is 1.34 bits per heavy atom. The molecule has 1 amide bonds. The quantitative estimate of drug-likeness (QED) is 0.0195. The molecule has 1 rings (SSSR count). The lowest BCUT2D eigenvalue weighted by atomic mass is 9.99. The molecule has 7 atom stereocenters. The third kappa shape index (κ3) is 49.9. The zero-order chi connectivity index (χ0) is 60.2. The topological polar surface area (TPSA) is 175 Å². The Kier molecular flexibility index (Phi) is 57.2. The number of unbranched alkanes of at least 4 members (excludes halogenated alkanes) is 37. The number of nitrogens with one attached hydrogen (secondary N) is 1. The Labute approximate surface area is 509 Å². The summed E-state index contributed by atoms with van der Waals surface area (Å²) in [5.41, 5.74) is 0. The normalized spacial score (nSPS) is 18.6. The van der Waals surface area contributed by atoms with Crippen LogP contribution in [0.3, 0.4) is 0 Å². The van der Waals surface area contributed by atoms with Gasteiger partial charge in [0.15, 0.2) is 6.29 Å². The average molecular weight is 1170 g/mol. The first-order valence-electron chi connectivity index (χ1n) is 34.7. The van der Waals surface area contributed by atoms with Crippen molar-refractivity contribution in [3.05, 3.63) is 72.9 Å². The van der Waals surface area contributed by atoms with Crippen molar-refractivity contribution in [1.29, 1.82) is 0 Å². The average Bonchev–Trinajstić information content (AvgIpc) is 3.65. The first-order chi connectivity index (χ1) is 40.7. The molecule has 0 bridgehead atoms. The Morgan fingerprint density at radius 1 is 0.470 bits per heavy atom. The van der Waals surface area contributed by atoms with Crippen molar-refractivity contribution in [1.82, 2.24) is 5.32 Å². The van der Waals surface area contributed by atoms with Crippen LogP contribution in [0.15, 0.2) is 72.9 Å². The van der Waals surface area contributed by atoms with E-state index in [0.717, 1.165) is 70.6 Å². The second-order valence-corrected chi connectivity index (χ2v) is 23.9. The molecule has 1 aliphatic rings. The Morgan fingerprint density at radius 2 is 0.867 bits per heavy atom. The standard InChI is InChI=1S/C72H129NO10/c1-3-5-7-9-11-13-14-15-16-30-34-37-40-44-48-52-56-60-68(77)81-61-57-53-49-45-41-38-35-32-29-27-25-23-21-19-17-18-20-22-24-26-28-31-33-36-39-43-47-51-55-59-67(76)73-64(65(75)58-54-50-46-42-12-10-8-6-4-2)63-82-72-71(80)70(79)69(78)66(62-74)83-72/h4,6,12,15-17,19,23,25,42,54,58,64-66,69-72,74-75,78-80H,3,5,7-11,13-14,18,20-22,24,26-41,43-53,55-57,59-63H2,1-2H3,(H,73,76)/b6-4+,16-15-,19-17-,25-23-,42-12+,58-54+. The number of rotatable bonds is 60. The van der Waals surface area contributed by atoms with Gasteiger partial charge in [-0.15, -0.1) is 0 Å². The number of hydrogen-bond acceptors (Lipinski definition) is 10. The molecule has 0 aromatic carbocycles. The molecule has 1 fully saturated rings. The summed E-state index contributed by atoms with van der Waals surface area (Å²) in [6.45, 7) is 4.09. The SMILES string of the molecule is C/C=C/CC/C=C/CC/C=C/C(O)C(COC1OC(CO)C(O)C(O)C1O)NC(=O)CCCCCCCCCCCCCCC/C=C\C/C=C\CCCCCCCCCCCOC(=O)CCCCCCCCC/C=C\CCCCCCCC. The molecule has 83 heavy (non-hydrogen) atoms. The summed E-state index contributed by atoms with van der Waals surface area (Å²) in [6, 6.07) is -0.836. The summed E-state index contributed by atoms with van der Waals surface area (Å²) in [5.74, 6) is -0.202. The summed E-state index contributed by atoms with van der Waals surface area (Å²) >= 11 is 0. The van der Waals surface area contributed by atoms with Crippen LogP contribution in [-0.2, 0) is 23.8 Å². The van der Waals surface area contributed by atoms with Gasteiger partial charge in [-0.05, 0) is 110 Å². The van der Waals surface area contributed by atoms with Crippen LogP contribution in [0, 0.1) is 0 Å². The molecule has 0 aromatic rings. The zero-order valence-electron chi connectivity index (χ0n) is 53.4. The van der Waals surface area contributed by atoms with E-state index in [9.17, 15) is 35.1 Å². The van der Waals surface area contributed by atoms with Crippen LogP contribution < -0.4 is 5.32 Å². The maximum Gasteiger partial charge on any atom is 0.305 e. The molecule has 1 aliphatic heterocycles. The lowest BCUT2D eigenvalue weighted by Crippen LogP contribution is -2.60. The highest BCUT2D eigenvalue weighted by Gasteiger charge is 2.44. The van der Waals surface area contributed by atoms with Crippen LogP contribution in [0.4, 0.5) is 0 Å². The van der Waals surface area contributed by atoms with E-state index in [1.807, 2.05) is 19.1 Å². The zero-order valence-corrected chi connectivity index (χ0v) is 53.4. The van der Waals surface area contributed by atoms with Crippen molar-refractivity contribution in [2.45, 2.75) is 352 Å². The van der Waals surface area contributed by atoms with Gasteiger partial charge in [0.1, 0.15) is 24.4 Å². The smallest absolute Gasteiger partial charge is 0.305 e. The van der Waals surface area contributed by atoms with Crippen molar-refractivity contribution in [3.8, 4) is 0 Å². The van der Waals surface area contributed by atoms with Gasteiger partial charge in [0.25, 0.3) is 0 Å². The maximum atomic E-state index is 13.0. The molecule has 0 aromatic heterocycles. The highest BCUT2D eigenvalue weighted by Crippen LogP contribution is 2.23. The van der Waals surface area contributed by atoms with Gasteiger partial charge in [-0.1, -0.05) is 260 Å². The van der Waals surface area contributed by atoms with Crippen LogP contribution in [0.25, 0.3) is 0 Å². The van der Waals surface area contributed by atoms with E-state index in [1.165, 1.54) is 212 Å². The van der Waals surface area contributed by atoms with E-state index >= 15 is 0 Å². The largest absolute Gasteiger partial charge is 0.466 e. The maximum absolute atomic E-state index is 13.0. The molecule has 0 spiro atoms. The fraction of sp³-hybridized carbons (Fsp3) is 0.806. The lowest BCUT2D eigenvalue weighted by Gasteiger charge is -2.40. The minimum atomic E-state index is -1.58. The molecule has 1 saturated heterocycles. The number of carbonyl (C=O) groups is 2. The van der Waals surface area contributed by atoms with Crippen molar-refractivity contribution >= 4 is 11.9 Å². The van der Waals surface area contributed by atoms with Crippen LogP contribution in [0.1, 0.15) is 309 Å². The van der Waals surface area contributed by atoms with E-state index in [0.29, 0.717) is 19.4 Å². The van der Waals surface area contributed by atoms with E-state index in [4.69, 9.17) is 14.2 Å². The molecule has 1 heterocycles. The molecular weight excluding hydrogens is 1040 g/mol. The Balaban J connectivity index is 1.94. The van der Waals surface area contributed by atoms with Gasteiger partial charge in [-0.2, -0.15) is 0 Å². The van der Waals surface area contributed by atoms with Gasteiger partial charge in [0.05, 0.1) is 32.0 Å². The number of aliphatic hydroxyl groups excluding tert-OH is 5. The number of carbonyl (C=O) groups excluding carboxylic acids is 2. The van der Waals surface area contributed by atoms with Gasteiger partial charge in [-0.3, -0.25) is 9.59 Å². The van der Waals surface area contributed by atoms with E-state index in [1.54, 1.807) is 6.08 Å². The van der Waals surface area contributed by atoms with Crippen LogP contribution in [-0.4, -0.2) is 100 Å². The van der Waals surface area contributed by atoms with Crippen molar-refractivity contribution < 1.29 is 49.3 Å². The second kappa shape index (κ2) is 60.8. The van der Waals surface area contributed by atoms with Crippen LogP contribution >= 0.6 is 0 Å². The van der Waals surface area contributed by atoms with Gasteiger partial charge < -0.3 is 45.1 Å². The summed E-state index contributed by atoms with van der Waals surface area (Å²) in [6.07, 6.45) is 72.1. The predicted molar refractivity (Wildman–Crippen MR) is 347 cm³/mol. The summed E-state index contributed by atoms with van der Waals surface area (Å²) in [7, 11) is 0. The number of aliphatic hydroxyl groups is 5. The fourth-order valence-corrected chi connectivity index (χ4v) is 10.6. The third-order valence-corrected chi connectivity index (χ3v) is 16.1. The summed E-state index contributed by atoms with van der Waals surface area (Å²) in [4.78, 5) is 25.1. The predicted octanol–water partition coefficient (Wildman–Crippen LogP) is 17.5. The van der Waals surface area contributed by atoms with Crippen molar-refractivity contribution in [2.75, 3.05) is 19.8 Å². The van der Waals surface area contributed by atoms with Gasteiger partial charge in [0, 0.05) is 12.8 Å². The lowest BCUT2D eigenvalue weighted by molar-refractivity contribution is -0.302. The van der Waals surface area contributed by atoms with Gasteiger partial charge in [0.2, 0.25) is 5.91 Å². The number of allylic oxidation sites excluding steroid dienone is 11. The van der Waals surface area contributed by atoms with E-state index in [-0.39, 0.29) is 18.5 Å². The third-order valence-electron chi connectivity index (χ3n) is 16.1. The van der Waals surface area contributed by atoms with Crippen LogP contribution in [0.5, 0.6) is 0 Å². The summed E-state index contributed by atoms with van der Waals surface area (Å²) < 4.78 is 16.7. The molecule has 6 N–H and O–H groups in total. The molecule has 482 valence electrons. The highest BCUT2D eigenvalue weighted by atomic mass is 16.7. The monoisotopic (exact) mass is 1170 g/mol. The van der Waals surface area contributed by atoms with E-state index in [2.05, 4.69) is 66.9 Å². The minimum Gasteiger partial charge on any atom is -0.466 e. The molecule has 11 nitrogen and oxygen atoms in total. The first-order valence-corrected chi connectivity index (χ1v) is 34.7.